The fraction of sp³-hybridized carbons (Fsp3) is 0.182. The molecule has 2 heterocycles. The van der Waals surface area contributed by atoms with Crippen molar-refractivity contribution in [2.24, 2.45) is 0 Å². The molecule has 2 N–H and O–H groups in total. The van der Waals surface area contributed by atoms with Crippen molar-refractivity contribution < 1.29 is 14.7 Å². The van der Waals surface area contributed by atoms with Gasteiger partial charge in [-0.15, -0.1) is 22.7 Å². The van der Waals surface area contributed by atoms with E-state index in [0.29, 0.717) is 5.69 Å². The highest BCUT2D eigenvalue weighted by Crippen LogP contribution is 2.22. The van der Waals surface area contributed by atoms with E-state index < -0.39 is 12.0 Å². The molecular formula is C11H10N2O3S2. The first-order valence-electron chi connectivity index (χ1n) is 5.11. The van der Waals surface area contributed by atoms with E-state index in [9.17, 15) is 9.59 Å². The van der Waals surface area contributed by atoms with Crippen LogP contribution in [0.15, 0.2) is 28.4 Å². The summed E-state index contributed by atoms with van der Waals surface area (Å²) in [6.07, 6.45) is -0.142. The zero-order chi connectivity index (χ0) is 13.0. The van der Waals surface area contributed by atoms with Crippen LogP contribution in [0.5, 0.6) is 0 Å². The van der Waals surface area contributed by atoms with E-state index in [0.717, 1.165) is 4.88 Å². The van der Waals surface area contributed by atoms with E-state index in [1.165, 1.54) is 22.7 Å². The van der Waals surface area contributed by atoms with Gasteiger partial charge in [0.05, 0.1) is 18.0 Å². The summed E-state index contributed by atoms with van der Waals surface area (Å²) in [7, 11) is 0. The standard InChI is InChI=1S/C11H10N2O3S2/c14-10(15)4-7(9-2-1-3-18-9)13-11(16)8-5-17-6-12-8/h1-3,5-7H,4H2,(H,13,16)(H,14,15)/t7-/m0/s1. The SMILES string of the molecule is O=C(O)C[C@H](NC(=O)c1cscn1)c1cccs1. The Hall–Kier alpha value is -1.73. The number of carbonyl (C=O) groups is 2. The molecular weight excluding hydrogens is 272 g/mol. The number of carbonyl (C=O) groups excluding carboxylic acids is 1. The number of aliphatic carboxylic acids is 1. The fourth-order valence-electron chi connectivity index (χ4n) is 1.44. The molecule has 0 aromatic carbocycles. The van der Waals surface area contributed by atoms with Gasteiger partial charge in [-0.25, -0.2) is 4.98 Å². The zero-order valence-corrected chi connectivity index (χ0v) is 10.8. The first kappa shape index (κ1) is 12.7. The Bertz CT molecular complexity index is 522. The summed E-state index contributed by atoms with van der Waals surface area (Å²) in [6.45, 7) is 0. The first-order valence-corrected chi connectivity index (χ1v) is 6.93. The molecule has 94 valence electrons. The van der Waals surface area contributed by atoms with Gasteiger partial charge in [-0.1, -0.05) is 6.07 Å². The summed E-state index contributed by atoms with van der Waals surface area (Å²) in [6, 6.07) is 3.11. The molecule has 2 aromatic heterocycles. The Morgan fingerprint density at radius 2 is 2.33 bits per heavy atom. The van der Waals surface area contributed by atoms with Gasteiger partial charge in [0.15, 0.2) is 0 Å². The first-order chi connectivity index (χ1) is 8.66. The summed E-state index contributed by atoms with van der Waals surface area (Å²) in [5.41, 5.74) is 1.87. The van der Waals surface area contributed by atoms with Crippen LogP contribution in [0, 0.1) is 0 Å². The molecule has 0 radical (unpaired) electrons. The molecule has 2 aromatic rings. The second-order valence-electron chi connectivity index (χ2n) is 3.51. The van der Waals surface area contributed by atoms with Crippen LogP contribution in [0.2, 0.25) is 0 Å². The summed E-state index contributed by atoms with van der Waals surface area (Å²) in [5, 5.41) is 15.0. The number of hydrogen-bond donors (Lipinski definition) is 2. The lowest BCUT2D eigenvalue weighted by molar-refractivity contribution is -0.137. The van der Waals surface area contributed by atoms with Crippen LogP contribution in [0.4, 0.5) is 0 Å². The van der Waals surface area contributed by atoms with Crippen LogP contribution in [0.1, 0.15) is 27.8 Å². The molecule has 2 rings (SSSR count). The van der Waals surface area contributed by atoms with Gasteiger partial charge >= 0.3 is 5.97 Å². The second-order valence-corrected chi connectivity index (χ2v) is 5.21. The number of carboxylic acid groups (broad SMARTS) is 1. The fourth-order valence-corrected chi connectivity index (χ4v) is 2.75. The van der Waals surface area contributed by atoms with E-state index in [4.69, 9.17) is 5.11 Å². The highest BCUT2D eigenvalue weighted by atomic mass is 32.1. The number of nitrogens with one attached hydrogen (secondary N) is 1. The Labute approximate surface area is 111 Å². The lowest BCUT2D eigenvalue weighted by Gasteiger charge is -2.14. The number of nitrogens with zero attached hydrogens (tertiary/aromatic N) is 1. The molecule has 1 atom stereocenters. The molecule has 0 saturated heterocycles. The molecule has 0 aliphatic rings. The lowest BCUT2D eigenvalue weighted by atomic mass is 10.1. The Kier molecular flexibility index (Phi) is 4.06. The zero-order valence-electron chi connectivity index (χ0n) is 9.20. The number of thiazole rings is 1. The normalized spacial score (nSPS) is 12.0. The van der Waals surface area contributed by atoms with Gasteiger partial charge in [0, 0.05) is 10.3 Å². The molecule has 0 fully saturated rings. The third-order valence-corrected chi connectivity index (χ3v) is 3.81. The van der Waals surface area contributed by atoms with Gasteiger partial charge in [-0.05, 0) is 11.4 Å². The van der Waals surface area contributed by atoms with Crippen molar-refractivity contribution in [2.75, 3.05) is 0 Å². The highest BCUT2D eigenvalue weighted by molar-refractivity contribution is 7.10. The quantitative estimate of drug-likeness (QED) is 0.880. The second kappa shape index (κ2) is 5.74. The molecule has 0 spiro atoms. The van der Waals surface area contributed by atoms with Crippen LogP contribution in [-0.4, -0.2) is 22.0 Å². The van der Waals surface area contributed by atoms with E-state index in [1.54, 1.807) is 17.0 Å². The molecule has 0 aliphatic heterocycles. The molecule has 0 aliphatic carbocycles. The van der Waals surface area contributed by atoms with E-state index in [2.05, 4.69) is 10.3 Å². The highest BCUT2D eigenvalue weighted by Gasteiger charge is 2.20. The maximum Gasteiger partial charge on any atom is 0.305 e. The monoisotopic (exact) mass is 282 g/mol. The predicted molar refractivity (Wildman–Crippen MR) is 68.9 cm³/mol. The average molecular weight is 282 g/mol. The maximum atomic E-state index is 11.8. The lowest BCUT2D eigenvalue weighted by Crippen LogP contribution is -2.29. The third kappa shape index (κ3) is 3.14. The number of carboxylic acids is 1. The van der Waals surface area contributed by atoms with Gasteiger partial charge in [0.1, 0.15) is 5.69 Å². The van der Waals surface area contributed by atoms with Crippen LogP contribution >= 0.6 is 22.7 Å². The molecule has 7 heteroatoms. The van der Waals surface area contributed by atoms with Crippen molar-refractivity contribution >= 4 is 34.6 Å². The molecule has 0 bridgehead atoms. The van der Waals surface area contributed by atoms with Gasteiger partial charge in [-0.3, -0.25) is 9.59 Å². The topological polar surface area (TPSA) is 79.3 Å². The van der Waals surface area contributed by atoms with Crippen LogP contribution < -0.4 is 5.32 Å². The number of aromatic nitrogens is 1. The Morgan fingerprint density at radius 3 is 2.89 bits per heavy atom. The molecule has 1 amide bonds. The minimum absolute atomic E-state index is 0.142. The van der Waals surface area contributed by atoms with Crippen LogP contribution in [0.25, 0.3) is 0 Å². The molecule has 18 heavy (non-hydrogen) atoms. The Balaban J connectivity index is 2.11. The van der Waals surface area contributed by atoms with E-state index >= 15 is 0 Å². The van der Waals surface area contributed by atoms with Gasteiger partial charge in [-0.2, -0.15) is 0 Å². The van der Waals surface area contributed by atoms with Crippen LogP contribution in [-0.2, 0) is 4.79 Å². The number of rotatable bonds is 5. The maximum absolute atomic E-state index is 11.8. The van der Waals surface area contributed by atoms with Crippen molar-refractivity contribution in [3.8, 4) is 0 Å². The molecule has 5 nitrogen and oxygen atoms in total. The van der Waals surface area contributed by atoms with Crippen molar-refractivity contribution in [1.29, 1.82) is 0 Å². The number of amides is 1. The van der Waals surface area contributed by atoms with Gasteiger partial charge in [0.2, 0.25) is 0 Å². The summed E-state index contributed by atoms with van der Waals surface area (Å²) in [4.78, 5) is 27.4. The number of hydrogen-bond acceptors (Lipinski definition) is 5. The van der Waals surface area contributed by atoms with Crippen molar-refractivity contribution in [3.63, 3.8) is 0 Å². The summed E-state index contributed by atoms with van der Waals surface area (Å²) in [5.74, 6) is -1.30. The molecule has 0 saturated carbocycles. The van der Waals surface area contributed by atoms with Gasteiger partial charge < -0.3 is 10.4 Å². The minimum atomic E-state index is -0.952. The van der Waals surface area contributed by atoms with Crippen molar-refractivity contribution in [1.82, 2.24) is 10.3 Å². The van der Waals surface area contributed by atoms with Crippen LogP contribution in [0.3, 0.4) is 0 Å². The number of thiophene rings is 1. The van der Waals surface area contributed by atoms with Crippen molar-refractivity contribution in [2.45, 2.75) is 12.5 Å². The summed E-state index contributed by atoms with van der Waals surface area (Å²) < 4.78 is 0. The van der Waals surface area contributed by atoms with E-state index in [-0.39, 0.29) is 12.3 Å². The Morgan fingerprint density at radius 1 is 1.50 bits per heavy atom. The largest absolute Gasteiger partial charge is 0.481 e. The van der Waals surface area contributed by atoms with E-state index in [1.807, 2.05) is 11.4 Å². The smallest absolute Gasteiger partial charge is 0.305 e. The van der Waals surface area contributed by atoms with Crippen molar-refractivity contribution in [3.05, 3.63) is 39.0 Å². The van der Waals surface area contributed by atoms with Gasteiger partial charge in [0.25, 0.3) is 5.91 Å². The third-order valence-electron chi connectivity index (χ3n) is 2.24. The predicted octanol–water partition coefficient (Wildman–Crippen LogP) is 2.15. The minimum Gasteiger partial charge on any atom is -0.481 e. The summed E-state index contributed by atoms with van der Waals surface area (Å²) >= 11 is 2.74. The average Bonchev–Trinajstić information content (AvgIpc) is 3.01. The molecule has 0 unspecified atom stereocenters.